The van der Waals surface area contributed by atoms with Crippen LogP contribution in [0, 0.1) is 23.2 Å². The van der Waals surface area contributed by atoms with Gasteiger partial charge in [-0.15, -0.1) is 0 Å². The van der Waals surface area contributed by atoms with Gasteiger partial charge in [0.1, 0.15) is 7.11 Å². The van der Waals surface area contributed by atoms with Gasteiger partial charge in [-0.2, -0.15) is 0 Å². The normalized spacial score (nSPS) is 36.4. The van der Waals surface area contributed by atoms with Crippen LogP contribution in [0.2, 0.25) is 0 Å². The Morgan fingerprint density at radius 3 is 2.85 bits per heavy atom. The Bertz CT molecular complexity index is 904. The molecular formula is C29H41NO3. The van der Waals surface area contributed by atoms with Crippen molar-refractivity contribution in [3.63, 3.8) is 0 Å². The zero-order chi connectivity index (χ0) is 23.6. The van der Waals surface area contributed by atoms with Crippen LogP contribution >= 0.6 is 0 Å². The van der Waals surface area contributed by atoms with Crippen molar-refractivity contribution in [2.24, 2.45) is 28.3 Å². The lowest BCUT2D eigenvalue weighted by Gasteiger charge is -2.42. The molecule has 4 nitrogen and oxygen atoms in total. The van der Waals surface area contributed by atoms with Crippen LogP contribution in [0.5, 0.6) is 0 Å². The third kappa shape index (κ3) is 5.27. The van der Waals surface area contributed by atoms with Crippen molar-refractivity contribution >= 4 is 5.71 Å². The van der Waals surface area contributed by atoms with Gasteiger partial charge in [0, 0.05) is 12.3 Å². The maximum atomic E-state index is 10.2. The first-order valence-corrected chi connectivity index (χ1v) is 12.8. The van der Waals surface area contributed by atoms with Crippen LogP contribution in [0.3, 0.4) is 0 Å². The molecule has 3 saturated carbocycles. The fourth-order valence-electron chi connectivity index (χ4n) is 6.33. The van der Waals surface area contributed by atoms with Crippen molar-refractivity contribution in [1.29, 1.82) is 0 Å². The van der Waals surface area contributed by atoms with E-state index in [0.717, 1.165) is 36.1 Å². The minimum atomic E-state index is -0.627. The van der Waals surface area contributed by atoms with Crippen molar-refractivity contribution < 1.29 is 15.1 Å². The Kier molecular flexibility index (Phi) is 7.45. The summed E-state index contributed by atoms with van der Waals surface area (Å²) in [6.07, 6.45) is 19.4. The van der Waals surface area contributed by atoms with Gasteiger partial charge in [-0.25, -0.2) is 0 Å². The minimum Gasteiger partial charge on any atom is -0.399 e. The molecule has 0 aromatic carbocycles. The van der Waals surface area contributed by atoms with E-state index in [-0.39, 0.29) is 5.41 Å². The highest BCUT2D eigenvalue weighted by atomic mass is 16.6. The molecule has 0 unspecified atom stereocenters. The van der Waals surface area contributed by atoms with Crippen LogP contribution in [-0.2, 0) is 4.84 Å². The van der Waals surface area contributed by atoms with E-state index in [2.05, 4.69) is 56.0 Å². The van der Waals surface area contributed by atoms with Crippen LogP contribution in [-0.4, -0.2) is 35.2 Å². The molecule has 5 atom stereocenters. The van der Waals surface area contributed by atoms with Crippen LogP contribution in [0.4, 0.5) is 0 Å². The molecule has 0 heterocycles. The number of aliphatic hydroxyl groups is 2. The van der Waals surface area contributed by atoms with Crippen LogP contribution in [0.1, 0.15) is 71.6 Å². The molecule has 0 aromatic heterocycles. The molecule has 4 aliphatic carbocycles. The molecule has 0 aliphatic heterocycles. The lowest BCUT2D eigenvalue weighted by atomic mass is 9.62. The summed E-state index contributed by atoms with van der Waals surface area (Å²) < 4.78 is 0. The molecule has 4 aliphatic rings. The van der Waals surface area contributed by atoms with E-state index in [1.54, 1.807) is 12.7 Å². The summed E-state index contributed by atoms with van der Waals surface area (Å²) in [6, 6.07) is 0. The molecule has 4 rings (SSSR count). The van der Waals surface area contributed by atoms with Gasteiger partial charge in [0.2, 0.25) is 0 Å². The lowest BCUT2D eigenvalue weighted by Crippen LogP contribution is -2.32. The summed E-state index contributed by atoms with van der Waals surface area (Å²) in [4.78, 5) is 5.03. The fraction of sp³-hybridized carbons (Fsp3) is 0.621. The molecule has 0 saturated heterocycles. The molecule has 0 amide bonds. The monoisotopic (exact) mass is 451 g/mol. The van der Waals surface area contributed by atoms with Crippen molar-refractivity contribution in [2.45, 2.75) is 83.8 Å². The first-order chi connectivity index (χ1) is 15.8. The fourth-order valence-corrected chi connectivity index (χ4v) is 6.33. The Hall–Kier alpha value is -1.91. The van der Waals surface area contributed by atoms with E-state index in [9.17, 15) is 10.2 Å². The van der Waals surface area contributed by atoms with Gasteiger partial charge in [-0.05, 0) is 85.8 Å². The topological polar surface area (TPSA) is 62.0 Å². The molecule has 0 aromatic rings. The number of rotatable bonds is 7. The largest absolute Gasteiger partial charge is 0.399 e. The number of aliphatic hydroxyl groups excluding tert-OH is 2. The van der Waals surface area contributed by atoms with Gasteiger partial charge < -0.3 is 15.1 Å². The summed E-state index contributed by atoms with van der Waals surface area (Å²) in [5.74, 6) is 1.65. The van der Waals surface area contributed by atoms with Crippen molar-refractivity contribution in [3.8, 4) is 0 Å². The predicted molar refractivity (Wildman–Crippen MR) is 135 cm³/mol. The summed E-state index contributed by atoms with van der Waals surface area (Å²) in [6.45, 7) is 8.89. The van der Waals surface area contributed by atoms with Crippen molar-refractivity contribution in [1.82, 2.24) is 0 Å². The lowest BCUT2D eigenvalue weighted by molar-refractivity contribution is 0.0862. The molecule has 0 bridgehead atoms. The molecule has 3 fully saturated rings. The summed E-state index contributed by atoms with van der Waals surface area (Å²) in [5.41, 5.74) is 6.19. The summed E-state index contributed by atoms with van der Waals surface area (Å²) >= 11 is 0. The molecule has 180 valence electrons. The van der Waals surface area contributed by atoms with Crippen LogP contribution in [0.25, 0.3) is 0 Å². The standard InChI is InChI=1S/C29H41NO3/c1-19(7-5-9-27(30-33-4)22-11-12-22)25-14-15-26-21(8-6-16-29(25,26)3)10-13-23-17-24(31)18-28(32)20(23)2/h5,9-10,13-14,19,22,24,26,28,31-32H,2,6-8,11-12,15-18H2,1,3-4H3/b9-5+,21-10+,23-13-,30-27-/t19-,24+,26-,28-,29+/m0/s1. The SMILES string of the molecule is C=C1/C(=C\C=C2/CCC[C@]3(C)C([C@@H](C)C/C=C/C(=N/OC)C4CC4)=CC[C@@H]23)C[C@@H](O)C[C@@H]1O. The van der Waals surface area contributed by atoms with E-state index >= 15 is 0 Å². The van der Waals surface area contributed by atoms with Crippen LogP contribution < -0.4 is 0 Å². The third-order valence-corrected chi connectivity index (χ3v) is 8.38. The first-order valence-electron chi connectivity index (χ1n) is 12.8. The van der Waals surface area contributed by atoms with E-state index in [1.165, 1.54) is 31.3 Å². The van der Waals surface area contributed by atoms with Crippen molar-refractivity contribution in [3.05, 3.63) is 59.3 Å². The van der Waals surface area contributed by atoms with Gasteiger partial charge in [0.25, 0.3) is 0 Å². The maximum absolute atomic E-state index is 10.2. The molecule has 4 heteroatoms. The van der Waals surface area contributed by atoms with Gasteiger partial charge >= 0.3 is 0 Å². The Labute approximate surface area is 199 Å². The number of oxime groups is 1. The number of hydrogen-bond acceptors (Lipinski definition) is 4. The van der Waals surface area contributed by atoms with E-state index in [1.807, 2.05) is 0 Å². The molecule has 2 N–H and O–H groups in total. The van der Waals surface area contributed by atoms with E-state index < -0.39 is 12.2 Å². The second kappa shape index (κ2) is 10.1. The Balaban J connectivity index is 1.44. The Morgan fingerprint density at radius 2 is 2.12 bits per heavy atom. The maximum Gasteiger partial charge on any atom is 0.106 e. The zero-order valence-corrected chi connectivity index (χ0v) is 20.6. The minimum absolute atomic E-state index is 0.221. The van der Waals surface area contributed by atoms with Gasteiger partial charge in [0.05, 0.1) is 17.9 Å². The van der Waals surface area contributed by atoms with Crippen molar-refractivity contribution in [2.75, 3.05) is 7.11 Å². The van der Waals surface area contributed by atoms with Crippen LogP contribution in [0.15, 0.2) is 64.4 Å². The highest BCUT2D eigenvalue weighted by Crippen LogP contribution is 2.57. The second-order valence-corrected chi connectivity index (χ2v) is 10.8. The molecule has 33 heavy (non-hydrogen) atoms. The van der Waals surface area contributed by atoms with Gasteiger partial charge in [-0.3, -0.25) is 0 Å². The average molecular weight is 452 g/mol. The zero-order valence-electron chi connectivity index (χ0n) is 20.6. The predicted octanol–water partition coefficient (Wildman–Crippen LogP) is 6.04. The highest BCUT2D eigenvalue weighted by molar-refractivity contribution is 5.98. The first kappa shape index (κ1) is 24.2. The molecule has 0 radical (unpaired) electrons. The number of allylic oxidation sites excluding steroid dienone is 7. The average Bonchev–Trinajstić information content (AvgIpc) is 3.55. The summed E-state index contributed by atoms with van der Waals surface area (Å²) in [7, 11) is 1.63. The third-order valence-electron chi connectivity index (χ3n) is 8.38. The van der Waals surface area contributed by atoms with Gasteiger partial charge in [0.15, 0.2) is 0 Å². The van der Waals surface area contributed by atoms with Gasteiger partial charge in [-0.1, -0.05) is 61.0 Å². The quantitative estimate of drug-likeness (QED) is 0.282. The number of nitrogens with zero attached hydrogens (tertiary/aromatic N) is 1. The smallest absolute Gasteiger partial charge is 0.106 e. The Morgan fingerprint density at radius 1 is 1.33 bits per heavy atom. The summed E-state index contributed by atoms with van der Waals surface area (Å²) in [5, 5.41) is 24.4. The molecule has 0 spiro atoms. The molecular weight excluding hydrogens is 410 g/mol. The van der Waals surface area contributed by atoms with E-state index in [0.29, 0.717) is 30.6 Å². The number of fused-ring (bicyclic) bond motifs is 1. The van der Waals surface area contributed by atoms with E-state index in [4.69, 9.17) is 4.84 Å². The highest BCUT2D eigenvalue weighted by Gasteiger charge is 2.45. The number of hydrogen-bond donors (Lipinski definition) is 2. The second-order valence-electron chi connectivity index (χ2n) is 10.8.